The van der Waals surface area contributed by atoms with Crippen molar-refractivity contribution in [3.63, 3.8) is 0 Å². The minimum atomic E-state index is -1.19. The first kappa shape index (κ1) is 21.3. The van der Waals surface area contributed by atoms with Gasteiger partial charge in [0.15, 0.2) is 11.5 Å². The smallest absolute Gasteiger partial charge is 0.325 e. The van der Waals surface area contributed by atoms with Crippen molar-refractivity contribution in [1.29, 1.82) is 0 Å². The fourth-order valence-electron chi connectivity index (χ4n) is 3.70. The summed E-state index contributed by atoms with van der Waals surface area (Å²) in [5.41, 5.74) is -0.00350. The fraction of sp³-hybridized carbons (Fsp3) is 0.318. The van der Waals surface area contributed by atoms with Crippen LogP contribution < -0.4 is 29.6 Å². The predicted octanol–water partition coefficient (Wildman–Crippen LogP) is 1.92. The van der Waals surface area contributed by atoms with E-state index < -0.39 is 29.9 Å². The zero-order chi connectivity index (χ0) is 22.9. The standard InChI is InChI=1S/C22H23N3O7/c1-22(10-13-4-7-16-18(8-13)32-12-31-16)20(27)25(21(28)24-22)11-19(26)23-15-6-5-14(29-2)9-17(15)30-3/h4-9H,10-12H2,1-3H3,(H,23,26)(H,24,28). The molecular formula is C22H23N3O7. The lowest BCUT2D eigenvalue weighted by Gasteiger charge is -2.22. The molecule has 4 amide bonds. The van der Waals surface area contributed by atoms with E-state index in [-0.39, 0.29) is 13.2 Å². The number of anilines is 1. The van der Waals surface area contributed by atoms with Crippen LogP contribution in [-0.2, 0) is 16.0 Å². The van der Waals surface area contributed by atoms with Crippen LogP contribution in [0.15, 0.2) is 36.4 Å². The Kier molecular flexibility index (Phi) is 5.52. The van der Waals surface area contributed by atoms with Gasteiger partial charge >= 0.3 is 6.03 Å². The van der Waals surface area contributed by atoms with Gasteiger partial charge in [-0.1, -0.05) is 6.07 Å². The Morgan fingerprint density at radius 2 is 1.91 bits per heavy atom. The van der Waals surface area contributed by atoms with E-state index in [0.29, 0.717) is 28.7 Å². The van der Waals surface area contributed by atoms with Crippen molar-refractivity contribution in [2.75, 3.05) is 32.9 Å². The second-order valence-corrected chi connectivity index (χ2v) is 7.63. The molecule has 2 aromatic carbocycles. The topological polar surface area (TPSA) is 115 Å². The van der Waals surface area contributed by atoms with Crippen LogP contribution in [0.1, 0.15) is 12.5 Å². The van der Waals surface area contributed by atoms with Crippen LogP contribution in [-0.4, -0.2) is 55.8 Å². The summed E-state index contributed by atoms with van der Waals surface area (Å²) >= 11 is 0. The van der Waals surface area contributed by atoms with Crippen molar-refractivity contribution in [2.45, 2.75) is 18.9 Å². The van der Waals surface area contributed by atoms with E-state index in [9.17, 15) is 14.4 Å². The molecule has 0 aliphatic carbocycles. The Morgan fingerprint density at radius 3 is 2.66 bits per heavy atom. The van der Waals surface area contributed by atoms with Crippen LogP contribution in [0.5, 0.6) is 23.0 Å². The summed E-state index contributed by atoms with van der Waals surface area (Å²) in [7, 11) is 2.98. The molecule has 168 valence electrons. The van der Waals surface area contributed by atoms with Crippen LogP contribution in [0.2, 0.25) is 0 Å². The molecule has 2 aromatic rings. The molecule has 1 atom stereocenters. The van der Waals surface area contributed by atoms with E-state index >= 15 is 0 Å². The lowest BCUT2D eigenvalue weighted by molar-refractivity contribution is -0.133. The van der Waals surface area contributed by atoms with Gasteiger partial charge in [0.25, 0.3) is 5.91 Å². The van der Waals surface area contributed by atoms with Gasteiger partial charge in [-0.25, -0.2) is 4.79 Å². The van der Waals surface area contributed by atoms with Gasteiger partial charge in [0.05, 0.1) is 19.9 Å². The lowest BCUT2D eigenvalue weighted by Crippen LogP contribution is -2.46. The number of imide groups is 1. The van der Waals surface area contributed by atoms with E-state index in [1.165, 1.54) is 14.2 Å². The lowest BCUT2D eigenvalue weighted by atomic mass is 9.92. The van der Waals surface area contributed by atoms with Gasteiger partial charge in [0.2, 0.25) is 12.7 Å². The van der Waals surface area contributed by atoms with Gasteiger partial charge in [-0.15, -0.1) is 0 Å². The minimum absolute atomic E-state index is 0.146. The maximum atomic E-state index is 13.0. The summed E-state index contributed by atoms with van der Waals surface area (Å²) in [6.45, 7) is 1.34. The van der Waals surface area contributed by atoms with E-state index in [0.717, 1.165) is 10.5 Å². The molecule has 0 spiro atoms. The fourth-order valence-corrected chi connectivity index (χ4v) is 3.70. The molecule has 10 nitrogen and oxygen atoms in total. The number of ether oxygens (including phenoxy) is 4. The van der Waals surface area contributed by atoms with E-state index in [1.807, 2.05) is 6.07 Å². The number of benzene rings is 2. The van der Waals surface area contributed by atoms with E-state index in [2.05, 4.69) is 10.6 Å². The average Bonchev–Trinajstić information content (AvgIpc) is 3.32. The Bertz CT molecular complexity index is 1090. The zero-order valence-electron chi connectivity index (χ0n) is 17.9. The van der Waals surface area contributed by atoms with Crippen molar-refractivity contribution in [2.24, 2.45) is 0 Å². The molecule has 0 saturated carbocycles. The number of amides is 4. The van der Waals surface area contributed by atoms with Crippen molar-refractivity contribution in [1.82, 2.24) is 10.2 Å². The maximum Gasteiger partial charge on any atom is 0.325 e. The largest absolute Gasteiger partial charge is 0.497 e. The number of hydrogen-bond acceptors (Lipinski definition) is 7. The van der Waals surface area contributed by atoms with Gasteiger partial charge in [0, 0.05) is 12.5 Å². The number of nitrogens with zero attached hydrogens (tertiary/aromatic N) is 1. The molecule has 0 bridgehead atoms. The molecule has 1 unspecified atom stereocenters. The number of urea groups is 1. The molecule has 0 aromatic heterocycles. The highest BCUT2D eigenvalue weighted by molar-refractivity contribution is 6.10. The Labute approximate surface area is 184 Å². The van der Waals surface area contributed by atoms with Crippen LogP contribution in [0, 0.1) is 0 Å². The predicted molar refractivity (Wildman–Crippen MR) is 113 cm³/mol. The molecule has 2 aliphatic heterocycles. The van der Waals surface area contributed by atoms with E-state index in [1.54, 1.807) is 37.3 Å². The third-order valence-electron chi connectivity index (χ3n) is 5.32. The minimum Gasteiger partial charge on any atom is -0.497 e. The van der Waals surface area contributed by atoms with Gasteiger partial charge < -0.3 is 29.6 Å². The van der Waals surface area contributed by atoms with Crippen molar-refractivity contribution in [3.05, 3.63) is 42.0 Å². The van der Waals surface area contributed by atoms with Gasteiger partial charge in [-0.05, 0) is 36.8 Å². The number of fused-ring (bicyclic) bond motifs is 1. The Morgan fingerprint density at radius 1 is 1.12 bits per heavy atom. The molecule has 4 rings (SSSR count). The number of carbonyl (C=O) groups excluding carboxylic acids is 3. The molecule has 2 N–H and O–H groups in total. The number of rotatable bonds is 7. The quantitative estimate of drug-likeness (QED) is 0.631. The van der Waals surface area contributed by atoms with Gasteiger partial charge in [-0.3, -0.25) is 14.5 Å². The average molecular weight is 441 g/mol. The first-order valence-corrected chi connectivity index (χ1v) is 9.87. The molecule has 1 fully saturated rings. The Balaban J connectivity index is 1.44. The summed E-state index contributed by atoms with van der Waals surface area (Å²) in [6, 6.07) is 9.61. The molecule has 2 heterocycles. The van der Waals surface area contributed by atoms with Crippen LogP contribution >= 0.6 is 0 Å². The summed E-state index contributed by atoms with van der Waals surface area (Å²) in [5.74, 6) is 1.15. The van der Waals surface area contributed by atoms with Crippen LogP contribution in [0.4, 0.5) is 10.5 Å². The highest BCUT2D eigenvalue weighted by Gasteiger charge is 2.48. The SMILES string of the molecule is COc1ccc(NC(=O)CN2C(=O)NC(C)(Cc3ccc4c(c3)OCO4)C2=O)c(OC)c1. The first-order chi connectivity index (χ1) is 15.3. The third-order valence-corrected chi connectivity index (χ3v) is 5.32. The normalized spacial score (nSPS) is 19.0. The van der Waals surface area contributed by atoms with Crippen molar-refractivity contribution < 1.29 is 33.3 Å². The monoisotopic (exact) mass is 441 g/mol. The summed E-state index contributed by atoms with van der Waals surface area (Å²) in [6.07, 6.45) is 0.235. The van der Waals surface area contributed by atoms with E-state index in [4.69, 9.17) is 18.9 Å². The summed E-state index contributed by atoms with van der Waals surface area (Å²) in [4.78, 5) is 39.0. The van der Waals surface area contributed by atoms with Crippen molar-refractivity contribution >= 4 is 23.5 Å². The molecule has 2 aliphatic rings. The molecule has 32 heavy (non-hydrogen) atoms. The highest BCUT2D eigenvalue weighted by Crippen LogP contribution is 2.34. The van der Waals surface area contributed by atoms with Crippen LogP contribution in [0.3, 0.4) is 0 Å². The number of carbonyl (C=O) groups is 3. The van der Waals surface area contributed by atoms with Crippen LogP contribution in [0.25, 0.3) is 0 Å². The number of nitrogens with one attached hydrogen (secondary N) is 2. The highest BCUT2D eigenvalue weighted by atomic mass is 16.7. The van der Waals surface area contributed by atoms with Crippen molar-refractivity contribution in [3.8, 4) is 23.0 Å². The molecular weight excluding hydrogens is 418 g/mol. The second kappa shape index (κ2) is 8.29. The number of methoxy groups -OCH3 is 2. The zero-order valence-corrected chi connectivity index (χ0v) is 17.9. The summed E-state index contributed by atoms with van der Waals surface area (Å²) in [5, 5.41) is 5.36. The summed E-state index contributed by atoms with van der Waals surface area (Å²) < 4.78 is 21.1. The molecule has 10 heteroatoms. The maximum absolute atomic E-state index is 13.0. The van der Waals surface area contributed by atoms with Gasteiger partial charge in [0.1, 0.15) is 23.6 Å². The van der Waals surface area contributed by atoms with Gasteiger partial charge in [-0.2, -0.15) is 0 Å². The molecule has 1 saturated heterocycles. The third kappa shape index (κ3) is 3.98. The second-order valence-electron chi connectivity index (χ2n) is 7.63. The first-order valence-electron chi connectivity index (χ1n) is 9.87. The number of hydrogen-bond donors (Lipinski definition) is 2. The molecule has 0 radical (unpaired) electrons. The Hall–Kier alpha value is -3.95.